The molecule has 0 amide bonds. The summed E-state index contributed by atoms with van der Waals surface area (Å²) in [6.07, 6.45) is 2.83. The highest BCUT2D eigenvalue weighted by Gasteiger charge is 2.14. The summed E-state index contributed by atoms with van der Waals surface area (Å²) in [4.78, 5) is 2.24. The molecule has 1 unspecified atom stereocenters. The van der Waals surface area contributed by atoms with Gasteiger partial charge in [-0.2, -0.15) is 0 Å². The average molecular weight is 244 g/mol. The first-order valence-electron chi connectivity index (χ1n) is 6.94. The molecule has 0 fully saturated rings. The molecule has 4 heteroatoms. The van der Waals surface area contributed by atoms with Gasteiger partial charge >= 0.3 is 0 Å². The first-order valence-corrected chi connectivity index (χ1v) is 6.94. The topological polar surface area (TPSA) is 21.8 Å². The van der Waals surface area contributed by atoms with Gasteiger partial charge in [0.25, 0.3) is 0 Å². The Kier molecular flexibility index (Phi) is 9.74. The van der Waals surface area contributed by atoms with Crippen molar-refractivity contribution in [2.45, 2.75) is 39.8 Å². The molecule has 17 heavy (non-hydrogen) atoms. The van der Waals surface area contributed by atoms with Gasteiger partial charge in [-0.3, -0.25) is 4.90 Å². The summed E-state index contributed by atoms with van der Waals surface area (Å²) in [6, 6.07) is 0. The van der Waals surface area contributed by atoms with Gasteiger partial charge < -0.3 is 5.32 Å². The summed E-state index contributed by atoms with van der Waals surface area (Å²) in [6.45, 7) is 11.2. The molecule has 104 valence electrons. The van der Waals surface area contributed by atoms with E-state index in [2.05, 4.69) is 55.1 Å². The van der Waals surface area contributed by atoms with Gasteiger partial charge in [-0.15, -0.1) is 0 Å². The van der Waals surface area contributed by atoms with E-state index in [1.807, 2.05) is 7.05 Å². The fourth-order valence-corrected chi connectivity index (χ4v) is 2.21. The number of nitrogens with one attached hydrogen (secondary N) is 1. The van der Waals surface area contributed by atoms with Crippen LogP contribution < -0.4 is 5.32 Å². The highest BCUT2D eigenvalue weighted by Crippen LogP contribution is 2.04. The lowest BCUT2D eigenvalue weighted by atomic mass is 10.3. The van der Waals surface area contributed by atoms with E-state index in [0.29, 0.717) is 6.17 Å². The first kappa shape index (κ1) is 16.8. The number of hydrogen-bond donors (Lipinski definition) is 1. The van der Waals surface area contributed by atoms with Crippen LogP contribution >= 0.6 is 0 Å². The van der Waals surface area contributed by atoms with Crippen LogP contribution in [0.2, 0.25) is 0 Å². The highest BCUT2D eigenvalue weighted by molar-refractivity contribution is 4.65. The molecule has 0 rings (SSSR count). The number of nitrogens with zero attached hydrogens (tertiary/aromatic N) is 3. The van der Waals surface area contributed by atoms with E-state index in [4.69, 9.17) is 0 Å². The molecule has 0 heterocycles. The zero-order valence-corrected chi connectivity index (χ0v) is 12.7. The third kappa shape index (κ3) is 6.36. The Morgan fingerprint density at radius 2 is 1.53 bits per heavy atom. The van der Waals surface area contributed by atoms with Gasteiger partial charge in [0.05, 0.1) is 6.17 Å². The van der Waals surface area contributed by atoms with Crippen LogP contribution in [0.4, 0.5) is 0 Å². The molecule has 0 aromatic heterocycles. The van der Waals surface area contributed by atoms with Crippen LogP contribution in [-0.2, 0) is 0 Å². The van der Waals surface area contributed by atoms with Crippen molar-refractivity contribution in [3.8, 4) is 0 Å². The summed E-state index contributed by atoms with van der Waals surface area (Å²) < 4.78 is 0. The summed E-state index contributed by atoms with van der Waals surface area (Å²) >= 11 is 0. The standard InChI is InChI=1S/C13H32N4/c1-7-11-17(16(8-2)9-3)12-10-13(14-4)15(5)6/h13-14H,7-12H2,1-6H3. The van der Waals surface area contributed by atoms with E-state index in [9.17, 15) is 0 Å². The smallest absolute Gasteiger partial charge is 0.0602 e. The van der Waals surface area contributed by atoms with Crippen molar-refractivity contribution < 1.29 is 0 Å². The van der Waals surface area contributed by atoms with Gasteiger partial charge in [0, 0.05) is 26.2 Å². The van der Waals surface area contributed by atoms with Crippen molar-refractivity contribution in [2.24, 2.45) is 0 Å². The minimum Gasteiger partial charge on any atom is -0.305 e. The molecular formula is C13H32N4. The van der Waals surface area contributed by atoms with Crippen molar-refractivity contribution in [1.29, 1.82) is 0 Å². The second-order valence-corrected chi connectivity index (χ2v) is 4.65. The lowest BCUT2D eigenvalue weighted by Crippen LogP contribution is -2.47. The molecule has 0 radical (unpaired) electrons. The second kappa shape index (κ2) is 9.83. The van der Waals surface area contributed by atoms with Gasteiger partial charge in [0.2, 0.25) is 0 Å². The van der Waals surface area contributed by atoms with E-state index in [-0.39, 0.29) is 0 Å². The van der Waals surface area contributed by atoms with E-state index in [0.717, 1.165) is 32.6 Å². The molecule has 4 nitrogen and oxygen atoms in total. The van der Waals surface area contributed by atoms with Crippen LogP contribution in [0.1, 0.15) is 33.6 Å². The Balaban J connectivity index is 4.23. The van der Waals surface area contributed by atoms with Crippen LogP contribution in [0, 0.1) is 0 Å². The van der Waals surface area contributed by atoms with Crippen LogP contribution in [0.25, 0.3) is 0 Å². The number of rotatable bonds is 10. The Bertz CT molecular complexity index is 169. The van der Waals surface area contributed by atoms with Gasteiger partial charge in [0.15, 0.2) is 0 Å². The van der Waals surface area contributed by atoms with Crippen LogP contribution in [-0.4, -0.2) is 68.4 Å². The first-order chi connectivity index (χ1) is 8.10. The molecule has 1 N–H and O–H groups in total. The molecule has 0 spiro atoms. The molecule has 0 saturated carbocycles. The van der Waals surface area contributed by atoms with Crippen LogP contribution in [0.5, 0.6) is 0 Å². The third-order valence-corrected chi connectivity index (χ3v) is 3.23. The Morgan fingerprint density at radius 3 is 1.88 bits per heavy atom. The maximum absolute atomic E-state index is 3.35. The molecule has 0 aliphatic rings. The lowest BCUT2D eigenvalue weighted by Gasteiger charge is -2.35. The van der Waals surface area contributed by atoms with Crippen LogP contribution in [0.15, 0.2) is 0 Å². The molecule has 0 aliphatic carbocycles. The maximum Gasteiger partial charge on any atom is 0.0602 e. The average Bonchev–Trinajstić information content (AvgIpc) is 2.30. The SMILES string of the molecule is CCCN(CCC(NC)N(C)C)N(CC)CC. The van der Waals surface area contributed by atoms with Crippen molar-refractivity contribution in [3.63, 3.8) is 0 Å². The fourth-order valence-electron chi connectivity index (χ4n) is 2.21. The Morgan fingerprint density at radius 1 is 0.941 bits per heavy atom. The zero-order chi connectivity index (χ0) is 13.3. The molecule has 1 atom stereocenters. The van der Waals surface area contributed by atoms with E-state index >= 15 is 0 Å². The van der Waals surface area contributed by atoms with Gasteiger partial charge in [-0.05, 0) is 34.0 Å². The molecule has 0 saturated heterocycles. The molecule has 0 bridgehead atoms. The van der Waals surface area contributed by atoms with Crippen molar-refractivity contribution in [1.82, 2.24) is 20.2 Å². The number of hydrazine groups is 1. The molecular weight excluding hydrogens is 212 g/mol. The summed E-state index contributed by atoms with van der Waals surface area (Å²) in [5, 5.41) is 8.28. The molecule has 0 aromatic rings. The minimum absolute atomic E-state index is 0.463. The van der Waals surface area contributed by atoms with Gasteiger partial charge in [0.1, 0.15) is 0 Å². The number of hydrogen-bond acceptors (Lipinski definition) is 4. The fraction of sp³-hybridized carbons (Fsp3) is 1.00. The van der Waals surface area contributed by atoms with E-state index in [1.54, 1.807) is 0 Å². The van der Waals surface area contributed by atoms with E-state index < -0.39 is 0 Å². The van der Waals surface area contributed by atoms with Crippen molar-refractivity contribution >= 4 is 0 Å². The predicted octanol–water partition coefficient (Wildman–Crippen LogP) is 1.45. The summed E-state index contributed by atoms with van der Waals surface area (Å²) in [5.74, 6) is 0. The summed E-state index contributed by atoms with van der Waals surface area (Å²) in [5.41, 5.74) is 0. The van der Waals surface area contributed by atoms with Gasteiger partial charge in [-0.25, -0.2) is 10.0 Å². The Hall–Kier alpha value is -0.160. The van der Waals surface area contributed by atoms with Gasteiger partial charge in [-0.1, -0.05) is 20.8 Å². The van der Waals surface area contributed by atoms with Crippen LogP contribution in [0.3, 0.4) is 0 Å². The second-order valence-electron chi connectivity index (χ2n) is 4.65. The van der Waals surface area contributed by atoms with Crippen molar-refractivity contribution in [3.05, 3.63) is 0 Å². The zero-order valence-electron chi connectivity index (χ0n) is 12.7. The third-order valence-electron chi connectivity index (χ3n) is 3.23. The monoisotopic (exact) mass is 244 g/mol. The maximum atomic E-state index is 3.35. The quantitative estimate of drug-likeness (QED) is 0.464. The minimum atomic E-state index is 0.463. The van der Waals surface area contributed by atoms with Crippen molar-refractivity contribution in [2.75, 3.05) is 47.3 Å². The molecule has 0 aromatic carbocycles. The lowest BCUT2D eigenvalue weighted by molar-refractivity contribution is -0.0226. The highest BCUT2D eigenvalue weighted by atomic mass is 15.6. The summed E-state index contributed by atoms with van der Waals surface area (Å²) in [7, 11) is 6.29. The van der Waals surface area contributed by atoms with E-state index in [1.165, 1.54) is 6.42 Å². The molecule has 0 aliphatic heterocycles. The Labute approximate surface area is 108 Å². The largest absolute Gasteiger partial charge is 0.305 e. The predicted molar refractivity (Wildman–Crippen MR) is 75.9 cm³/mol. The normalized spacial score (nSPS) is 13.9.